The molecule has 2 nitrogen and oxygen atoms in total. The molecule has 18 heavy (non-hydrogen) atoms. The minimum absolute atomic E-state index is 0.274. The smallest absolute Gasteiger partial charge is 0.137 e. The number of aryl methyl sites for hydroxylation is 1. The number of rotatable bonds is 3. The van der Waals surface area contributed by atoms with E-state index < -0.39 is 0 Å². The average Bonchev–Trinajstić information content (AvgIpc) is 2.34. The molecular weight excluding hydrogens is 249 g/mol. The number of benzene rings is 2. The van der Waals surface area contributed by atoms with Gasteiger partial charge in [-0.15, -0.1) is 0 Å². The van der Waals surface area contributed by atoms with Crippen molar-refractivity contribution in [3.63, 3.8) is 0 Å². The lowest BCUT2D eigenvalue weighted by Gasteiger charge is -2.11. The second kappa shape index (κ2) is 5.14. The van der Waals surface area contributed by atoms with Gasteiger partial charge in [-0.25, -0.2) is 4.39 Å². The van der Waals surface area contributed by atoms with Crippen LogP contribution in [-0.4, -0.2) is 4.99 Å². The highest BCUT2D eigenvalue weighted by atomic mass is 32.1. The molecule has 0 unspecified atom stereocenters. The Hall–Kier alpha value is -1.94. The molecule has 0 aliphatic rings. The summed E-state index contributed by atoms with van der Waals surface area (Å²) < 4.78 is 18.4. The summed E-state index contributed by atoms with van der Waals surface area (Å²) in [5.74, 6) is 0.804. The lowest BCUT2D eigenvalue weighted by molar-refractivity contribution is 0.479. The molecule has 2 N–H and O–H groups in total. The fourth-order valence-corrected chi connectivity index (χ4v) is 1.71. The van der Waals surface area contributed by atoms with E-state index in [2.05, 4.69) is 0 Å². The first-order valence-electron chi connectivity index (χ1n) is 5.40. The molecular formula is C14H12FNOS. The third kappa shape index (κ3) is 2.84. The fraction of sp³-hybridized carbons (Fsp3) is 0.0714. The summed E-state index contributed by atoms with van der Waals surface area (Å²) in [6.45, 7) is 1.95. The van der Waals surface area contributed by atoms with Crippen LogP contribution in [0.3, 0.4) is 0 Å². The van der Waals surface area contributed by atoms with E-state index in [1.165, 1.54) is 12.1 Å². The van der Waals surface area contributed by atoms with Gasteiger partial charge in [0.25, 0.3) is 0 Å². The molecule has 4 heteroatoms. The molecule has 0 aliphatic carbocycles. The van der Waals surface area contributed by atoms with Crippen molar-refractivity contribution in [3.05, 3.63) is 59.4 Å². The van der Waals surface area contributed by atoms with Crippen molar-refractivity contribution in [3.8, 4) is 11.5 Å². The highest BCUT2D eigenvalue weighted by Crippen LogP contribution is 2.26. The standard InChI is InChI=1S/C14H12FNOS/c1-9-2-7-13(12(8-9)14(16)18)17-11-5-3-10(15)4-6-11/h2-8H,1H3,(H2,16,18). The SMILES string of the molecule is Cc1ccc(Oc2ccc(F)cc2)c(C(N)=S)c1. The van der Waals surface area contributed by atoms with Gasteiger partial charge in [0.05, 0.1) is 5.56 Å². The van der Waals surface area contributed by atoms with Crippen LogP contribution >= 0.6 is 12.2 Å². The number of hydrogen-bond acceptors (Lipinski definition) is 2. The van der Waals surface area contributed by atoms with E-state index in [9.17, 15) is 4.39 Å². The number of hydrogen-bond donors (Lipinski definition) is 1. The summed E-state index contributed by atoms with van der Waals surface area (Å²) in [7, 11) is 0. The molecule has 0 aliphatic heterocycles. The van der Waals surface area contributed by atoms with Crippen molar-refractivity contribution in [2.45, 2.75) is 6.92 Å². The minimum Gasteiger partial charge on any atom is -0.457 e. The van der Waals surface area contributed by atoms with Crippen LogP contribution in [-0.2, 0) is 0 Å². The normalized spacial score (nSPS) is 10.1. The van der Waals surface area contributed by atoms with Gasteiger partial charge < -0.3 is 10.5 Å². The number of nitrogens with two attached hydrogens (primary N) is 1. The van der Waals surface area contributed by atoms with E-state index in [-0.39, 0.29) is 10.8 Å². The molecule has 0 atom stereocenters. The first kappa shape index (κ1) is 12.5. The molecule has 0 spiro atoms. The van der Waals surface area contributed by atoms with Crippen LogP contribution in [0.15, 0.2) is 42.5 Å². The highest BCUT2D eigenvalue weighted by molar-refractivity contribution is 7.80. The molecule has 0 saturated carbocycles. The summed E-state index contributed by atoms with van der Waals surface area (Å²) >= 11 is 4.98. The summed E-state index contributed by atoms with van der Waals surface area (Å²) in [6, 6.07) is 11.3. The molecule has 92 valence electrons. The van der Waals surface area contributed by atoms with Crippen molar-refractivity contribution in [2.75, 3.05) is 0 Å². The Kier molecular flexibility index (Phi) is 3.58. The Labute approximate surface area is 110 Å². The third-order valence-electron chi connectivity index (χ3n) is 2.44. The monoisotopic (exact) mass is 261 g/mol. The third-order valence-corrected chi connectivity index (χ3v) is 2.66. The zero-order chi connectivity index (χ0) is 13.1. The first-order chi connectivity index (χ1) is 8.56. The van der Waals surface area contributed by atoms with Crippen molar-refractivity contribution < 1.29 is 9.13 Å². The summed E-state index contributed by atoms with van der Waals surface area (Å²) in [6.07, 6.45) is 0. The topological polar surface area (TPSA) is 35.2 Å². The highest BCUT2D eigenvalue weighted by Gasteiger charge is 2.08. The van der Waals surface area contributed by atoms with Gasteiger partial charge in [0.15, 0.2) is 0 Å². The Morgan fingerprint density at radius 1 is 1.17 bits per heavy atom. The molecule has 0 saturated heterocycles. The van der Waals surface area contributed by atoms with E-state index in [4.69, 9.17) is 22.7 Å². The predicted molar refractivity (Wildman–Crippen MR) is 73.5 cm³/mol. The number of halogens is 1. The van der Waals surface area contributed by atoms with E-state index in [0.29, 0.717) is 17.1 Å². The van der Waals surface area contributed by atoms with Crippen molar-refractivity contribution in [2.24, 2.45) is 5.73 Å². The number of thiocarbonyl (C=S) groups is 1. The predicted octanol–water partition coefficient (Wildman–Crippen LogP) is 3.56. The maximum atomic E-state index is 12.8. The Morgan fingerprint density at radius 3 is 2.44 bits per heavy atom. The Morgan fingerprint density at radius 2 is 1.83 bits per heavy atom. The molecule has 2 aromatic rings. The molecule has 0 fully saturated rings. The van der Waals surface area contributed by atoms with Gasteiger partial charge in [-0.05, 0) is 43.3 Å². The van der Waals surface area contributed by atoms with E-state index in [1.807, 2.05) is 19.1 Å². The summed E-state index contributed by atoms with van der Waals surface area (Å²) in [4.78, 5) is 0.274. The van der Waals surface area contributed by atoms with E-state index in [0.717, 1.165) is 5.56 Å². The summed E-state index contributed by atoms with van der Waals surface area (Å²) in [5, 5.41) is 0. The van der Waals surface area contributed by atoms with Crippen LogP contribution in [0.2, 0.25) is 0 Å². The van der Waals surface area contributed by atoms with Gasteiger partial charge in [-0.3, -0.25) is 0 Å². The minimum atomic E-state index is -0.305. The van der Waals surface area contributed by atoms with Crippen LogP contribution in [0.4, 0.5) is 4.39 Å². The van der Waals surface area contributed by atoms with Crippen LogP contribution in [0.5, 0.6) is 11.5 Å². The van der Waals surface area contributed by atoms with Gasteiger partial charge >= 0.3 is 0 Å². The van der Waals surface area contributed by atoms with Gasteiger partial charge in [0, 0.05) is 0 Å². The Balaban J connectivity index is 2.34. The molecule has 0 bridgehead atoms. The van der Waals surface area contributed by atoms with Gasteiger partial charge in [-0.1, -0.05) is 23.8 Å². The van der Waals surface area contributed by atoms with Gasteiger partial charge in [-0.2, -0.15) is 0 Å². The average molecular weight is 261 g/mol. The zero-order valence-corrected chi connectivity index (χ0v) is 10.6. The summed E-state index contributed by atoms with van der Waals surface area (Å²) in [5.41, 5.74) is 7.37. The zero-order valence-electron chi connectivity index (χ0n) is 9.81. The molecule has 0 amide bonds. The van der Waals surface area contributed by atoms with Crippen molar-refractivity contribution in [1.82, 2.24) is 0 Å². The molecule has 0 radical (unpaired) electrons. The first-order valence-corrected chi connectivity index (χ1v) is 5.81. The molecule has 2 rings (SSSR count). The van der Waals surface area contributed by atoms with E-state index >= 15 is 0 Å². The lowest BCUT2D eigenvalue weighted by Crippen LogP contribution is -2.11. The van der Waals surface area contributed by atoms with E-state index in [1.54, 1.807) is 18.2 Å². The van der Waals surface area contributed by atoms with Crippen LogP contribution in [0.25, 0.3) is 0 Å². The second-order valence-electron chi connectivity index (χ2n) is 3.92. The second-order valence-corrected chi connectivity index (χ2v) is 4.36. The van der Waals surface area contributed by atoms with Gasteiger partial charge in [0.2, 0.25) is 0 Å². The quantitative estimate of drug-likeness (QED) is 0.858. The van der Waals surface area contributed by atoms with Gasteiger partial charge in [0.1, 0.15) is 22.3 Å². The number of ether oxygens (including phenoxy) is 1. The molecule has 0 heterocycles. The Bertz CT molecular complexity index is 581. The fourth-order valence-electron chi connectivity index (χ4n) is 1.55. The largest absolute Gasteiger partial charge is 0.457 e. The van der Waals surface area contributed by atoms with Crippen LogP contribution < -0.4 is 10.5 Å². The maximum Gasteiger partial charge on any atom is 0.137 e. The molecule has 2 aromatic carbocycles. The van der Waals surface area contributed by atoms with Crippen molar-refractivity contribution >= 4 is 17.2 Å². The van der Waals surface area contributed by atoms with Crippen LogP contribution in [0, 0.1) is 12.7 Å². The van der Waals surface area contributed by atoms with Crippen molar-refractivity contribution in [1.29, 1.82) is 0 Å². The molecule has 0 aromatic heterocycles. The maximum absolute atomic E-state index is 12.8. The van der Waals surface area contributed by atoms with Crippen LogP contribution in [0.1, 0.15) is 11.1 Å². The lowest BCUT2D eigenvalue weighted by atomic mass is 10.1.